The van der Waals surface area contributed by atoms with Gasteiger partial charge in [0, 0.05) is 19.8 Å². The number of ether oxygens (including phenoxy) is 1. The predicted molar refractivity (Wildman–Crippen MR) is 61.1 cm³/mol. The third-order valence-corrected chi connectivity index (χ3v) is 1.89. The summed E-state index contributed by atoms with van der Waals surface area (Å²) in [6.07, 6.45) is 0.110. The highest BCUT2D eigenvalue weighted by atomic mass is 16.5. The number of benzene rings is 1. The van der Waals surface area contributed by atoms with E-state index in [2.05, 4.69) is 0 Å². The van der Waals surface area contributed by atoms with Crippen LogP contribution >= 0.6 is 0 Å². The van der Waals surface area contributed by atoms with E-state index in [0.717, 1.165) is 0 Å². The number of carbonyl (C=O) groups excluding carboxylic acids is 1. The van der Waals surface area contributed by atoms with Crippen molar-refractivity contribution in [1.29, 1.82) is 0 Å². The molecule has 0 aromatic heterocycles. The van der Waals surface area contributed by atoms with Gasteiger partial charge in [-0.2, -0.15) is 0 Å². The molecule has 1 rings (SSSR count). The van der Waals surface area contributed by atoms with Crippen LogP contribution < -0.4 is 4.90 Å². The molecule has 0 unspecified atom stereocenters. The Morgan fingerprint density at radius 1 is 1.47 bits per heavy atom. The fourth-order valence-corrected chi connectivity index (χ4v) is 1.14. The molecule has 0 fully saturated rings. The highest BCUT2D eigenvalue weighted by molar-refractivity contribution is 5.72. The molecule has 0 amide bonds. The average molecular weight is 209 g/mol. The van der Waals surface area contributed by atoms with E-state index in [1.165, 1.54) is 0 Å². The van der Waals surface area contributed by atoms with Crippen molar-refractivity contribution >= 4 is 11.7 Å². The largest absolute Gasteiger partial charge is 0.466 e. The van der Waals surface area contributed by atoms with Gasteiger partial charge in [-0.05, 0) is 24.6 Å². The van der Waals surface area contributed by atoms with E-state index in [9.17, 15) is 4.79 Å². The Morgan fingerprint density at radius 2 is 2.07 bits per heavy atom. The second-order valence-corrected chi connectivity index (χ2v) is 3.38. The number of rotatable bonds is 4. The number of anilines is 1. The molecule has 0 aliphatic rings. The molecular formula is C12H17NO2. The first kappa shape index (κ1) is 8.77. The summed E-state index contributed by atoms with van der Waals surface area (Å²) >= 11 is 0. The number of esters is 1. The van der Waals surface area contributed by atoms with Crippen LogP contribution in [0.15, 0.2) is 24.2 Å². The predicted octanol–water partition coefficient (Wildman–Crippen LogP) is 1.86. The van der Waals surface area contributed by atoms with Crippen LogP contribution in [0.1, 0.15) is 15.2 Å². The summed E-state index contributed by atoms with van der Waals surface area (Å²) in [4.78, 5) is 13.0. The molecule has 0 N–H and O–H groups in total. The van der Waals surface area contributed by atoms with Gasteiger partial charge in [0.1, 0.15) is 0 Å². The summed E-state index contributed by atoms with van der Waals surface area (Å²) < 4.78 is 20.5. The van der Waals surface area contributed by atoms with E-state index >= 15 is 0 Å². The van der Waals surface area contributed by atoms with E-state index in [0.29, 0.717) is 17.9 Å². The molecule has 1 aromatic rings. The van der Waals surface area contributed by atoms with Crippen LogP contribution in [0.4, 0.5) is 5.69 Å². The van der Waals surface area contributed by atoms with Gasteiger partial charge in [-0.3, -0.25) is 4.79 Å². The van der Waals surface area contributed by atoms with Gasteiger partial charge in [0.2, 0.25) is 0 Å². The molecule has 0 saturated heterocycles. The highest BCUT2D eigenvalue weighted by Crippen LogP contribution is 2.12. The van der Waals surface area contributed by atoms with Crippen molar-refractivity contribution < 1.29 is 12.3 Å². The Kier molecular flexibility index (Phi) is 3.15. The summed E-state index contributed by atoms with van der Waals surface area (Å²) in [5.41, 5.74) is 1.20. The van der Waals surface area contributed by atoms with Gasteiger partial charge in [-0.1, -0.05) is 12.1 Å². The maximum absolute atomic E-state index is 11.3. The third kappa shape index (κ3) is 3.62. The first-order chi connectivity index (χ1) is 7.95. The average Bonchev–Trinajstić information content (AvgIpc) is 2.15. The molecular weight excluding hydrogens is 190 g/mol. The fourth-order valence-electron chi connectivity index (χ4n) is 1.14. The zero-order valence-corrected chi connectivity index (χ0v) is 9.33. The lowest BCUT2D eigenvalue weighted by atomic mass is 10.1. The lowest BCUT2D eigenvalue weighted by Crippen LogP contribution is -2.09. The van der Waals surface area contributed by atoms with Gasteiger partial charge in [0.25, 0.3) is 0 Å². The van der Waals surface area contributed by atoms with Gasteiger partial charge < -0.3 is 9.64 Å². The van der Waals surface area contributed by atoms with Gasteiger partial charge in [0.05, 0.1) is 15.8 Å². The maximum Gasteiger partial charge on any atom is 0.310 e. The molecule has 0 aliphatic carbocycles. The summed E-state index contributed by atoms with van der Waals surface area (Å²) in [7, 11) is 3.58. The lowest BCUT2D eigenvalue weighted by molar-refractivity contribution is -0.142. The second kappa shape index (κ2) is 5.39. The minimum absolute atomic E-state index is 0.110. The molecule has 0 spiro atoms. The summed E-state index contributed by atoms with van der Waals surface area (Å²) in [6, 6.07) is 3.71. The number of nitrogens with zero attached hydrogens (tertiary/aromatic N) is 1. The Hall–Kier alpha value is -1.51. The molecule has 3 nitrogen and oxygen atoms in total. The van der Waals surface area contributed by atoms with Crippen LogP contribution in [0.25, 0.3) is 0 Å². The molecule has 0 saturated carbocycles. The van der Waals surface area contributed by atoms with Crippen LogP contribution in [0.3, 0.4) is 0 Å². The smallest absolute Gasteiger partial charge is 0.310 e. The third-order valence-electron chi connectivity index (χ3n) is 1.89. The Morgan fingerprint density at radius 3 is 2.53 bits per heavy atom. The van der Waals surface area contributed by atoms with E-state index in [-0.39, 0.29) is 24.5 Å². The molecule has 0 atom stereocenters. The molecule has 82 valence electrons. The fraction of sp³-hybridized carbons (Fsp3) is 0.417. The zero-order valence-electron chi connectivity index (χ0n) is 11.3. The monoisotopic (exact) mass is 209 g/mol. The summed E-state index contributed by atoms with van der Waals surface area (Å²) in [5, 5.41) is 0. The van der Waals surface area contributed by atoms with Crippen LogP contribution in [-0.2, 0) is 16.0 Å². The van der Waals surface area contributed by atoms with E-state index in [4.69, 9.17) is 7.48 Å². The van der Waals surface area contributed by atoms with Crippen LogP contribution in [0.2, 0.25) is 0 Å². The molecule has 0 aliphatic heterocycles. The quantitative estimate of drug-likeness (QED) is 0.709. The number of hydrogen-bond acceptors (Lipinski definition) is 3. The van der Waals surface area contributed by atoms with Crippen molar-refractivity contribution in [2.45, 2.75) is 13.3 Å². The molecule has 15 heavy (non-hydrogen) atoms. The molecule has 1 aromatic carbocycles. The first-order valence-corrected chi connectivity index (χ1v) is 4.88. The summed E-state index contributed by atoms with van der Waals surface area (Å²) in [5.74, 6) is -0.330. The van der Waals surface area contributed by atoms with Crippen molar-refractivity contribution in [3.8, 4) is 0 Å². The van der Waals surface area contributed by atoms with Crippen LogP contribution in [0.5, 0.6) is 0 Å². The number of hydrogen-bond donors (Lipinski definition) is 0. The van der Waals surface area contributed by atoms with Crippen molar-refractivity contribution in [2.24, 2.45) is 0 Å². The van der Waals surface area contributed by atoms with E-state index < -0.39 is 0 Å². The summed E-state index contributed by atoms with van der Waals surface area (Å²) in [6.45, 7) is 2.09. The van der Waals surface area contributed by atoms with Gasteiger partial charge >= 0.3 is 5.97 Å². The Bertz CT molecular complexity index is 396. The Balaban J connectivity index is 2.94. The van der Waals surface area contributed by atoms with Gasteiger partial charge in [-0.25, -0.2) is 0 Å². The minimum atomic E-state index is -0.330. The molecule has 0 heterocycles. The number of carbonyl (C=O) groups is 1. The standard InChI is InChI=1S/C12H17NO2/c1-4-15-12(14)9-10-5-7-11(8-6-10)13(2)3/h5-8H,4,9H2,1-3H3/i7D,8D. The minimum Gasteiger partial charge on any atom is -0.466 e. The van der Waals surface area contributed by atoms with Crippen LogP contribution in [0, 0.1) is 0 Å². The maximum atomic E-state index is 11.3. The van der Waals surface area contributed by atoms with E-state index in [1.54, 1.807) is 38.1 Å². The van der Waals surface area contributed by atoms with Crippen LogP contribution in [-0.4, -0.2) is 26.7 Å². The highest BCUT2D eigenvalue weighted by Gasteiger charge is 2.03. The first-order valence-electron chi connectivity index (χ1n) is 5.88. The topological polar surface area (TPSA) is 29.5 Å². The van der Waals surface area contributed by atoms with Crippen molar-refractivity contribution in [1.82, 2.24) is 0 Å². The normalized spacial score (nSPS) is 11.7. The molecule has 0 bridgehead atoms. The SMILES string of the molecule is [2H]c1cc(CC(=O)OCC)cc([2H])c1N(C)C. The second-order valence-electron chi connectivity index (χ2n) is 3.38. The lowest BCUT2D eigenvalue weighted by Gasteiger charge is -2.12. The molecule has 3 heteroatoms. The van der Waals surface area contributed by atoms with Crippen molar-refractivity contribution in [3.63, 3.8) is 0 Å². The van der Waals surface area contributed by atoms with Crippen molar-refractivity contribution in [2.75, 3.05) is 25.6 Å². The van der Waals surface area contributed by atoms with Crippen molar-refractivity contribution in [3.05, 3.63) is 29.8 Å². The van der Waals surface area contributed by atoms with E-state index in [1.807, 2.05) is 0 Å². The zero-order chi connectivity index (χ0) is 13.0. The molecule has 0 radical (unpaired) electrons. The van der Waals surface area contributed by atoms with Gasteiger partial charge in [0.15, 0.2) is 0 Å². The van der Waals surface area contributed by atoms with Gasteiger partial charge in [-0.15, -0.1) is 0 Å². The Labute approximate surface area is 93.5 Å².